The largest absolute Gasteiger partial charge is 0.331 e. The molecule has 1 aliphatic heterocycles. The standard InChI is InChI=1S/C15H15F2N3O/c1-19-9-11(8-18-19)14-3-2-6-20(14)15(21)10-4-5-12(16)13(17)7-10/h4-5,7-9,14H,2-3,6H2,1H3/t14-/m1/s1. The number of likely N-dealkylation sites (tertiary alicyclic amines) is 1. The Morgan fingerprint density at radius 3 is 2.81 bits per heavy atom. The summed E-state index contributed by atoms with van der Waals surface area (Å²) < 4.78 is 28.0. The molecule has 1 amide bonds. The van der Waals surface area contributed by atoms with Gasteiger partial charge in [-0.25, -0.2) is 8.78 Å². The first-order valence-corrected chi connectivity index (χ1v) is 6.81. The highest BCUT2D eigenvalue weighted by Gasteiger charge is 2.31. The number of aromatic nitrogens is 2. The van der Waals surface area contributed by atoms with E-state index in [1.165, 1.54) is 6.07 Å². The van der Waals surface area contributed by atoms with E-state index in [4.69, 9.17) is 0 Å². The van der Waals surface area contributed by atoms with Crippen LogP contribution in [-0.4, -0.2) is 27.1 Å². The first-order chi connectivity index (χ1) is 10.1. The zero-order valence-electron chi connectivity index (χ0n) is 11.6. The van der Waals surface area contributed by atoms with E-state index in [1.54, 1.807) is 15.8 Å². The van der Waals surface area contributed by atoms with Crippen molar-refractivity contribution in [2.45, 2.75) is 18.9 Å². The van der Waals surface area contributed by atoms with Gasteiger partial charge in [-0.3, -0.25) is 9.48 Å². The number of rotatable bonds is 2. The van der Waals surface area contributed by atoms with E-state index in [9.17, 15) is 13.6 Å². The van der Waals surface area contributed by atoms with E-state index in [1.807, 2.05) is 13.2 Å². The van der Waals surface area contributed by atoms with Crippen LogP contribution in [0.3, 0.4) is 0 Å². The minimum absolute atomic E-state index is 0.0562. The van der Waals surface area contributed by atoms with Crippen LogP contribution in [0.4, 0.5) is 8.78 Å². The lowest BCUT2D eigenvalue weighted by Gasteiger charge is -2.24. The van der Waals surface area contributed by atoms with Crippen molar-refractivity contribution in [3.63, 3.8) is 0 Å². The van der Waals surface area contributed by atoms with Crippen molar-refractivity contribution in [2.24, 2.45) is 7.05 Å². The predicted octanol–water partition coefficient (Wildman–Crippen LogP) is 2.68. The molecule has 0 bridgehead atoms. The number of hydrogen-bond acceptors (Lipinski definition) is 2. The minimum Gasteiger partial charge on any atom is -0.331 e. The van der Waals surface area contributed by atoms with E-state index < -0.39 is 11.6 Å². The highest BCUT2D eigenvalue weighted by atomic mass is 19.2. The molecule has 2 heterocycles. The molecule has 0 aliphatic carbocycles. The van der Waals surface area contributed by atoms with Crippen LogP contribution in [-0.2, 0) is 7.05 Å². The smallest absolute Gasteiger partial charge is 0.254 e. The summed E-state index contributed by atoms with van der Waals surface area (Å²) in [6, 6.07) is 3.20. The van der Waals surface area contributed by atoms with Crippen LogP contribution in [0.15, 0.2) is 30.6 Å². The molecule has 1 aromatic carbocycles. The van der Waals surface area contributed by atoms with E-state index in [0.717, 1.165) is 30.5 Å². The Bertz CT molecular complexity index is 683. The summed E-state index contributed by atoms with van der Waals surface area (Å²) in [6.07, 6.45) is 5.35. The van der Waals surface area contributed by atoms with Crippen LogP contribution in [0.5, 0.6) is 0 Å². The van der Waals surface area contributed by atoms with Crippen molar-refractivity contribution in [1.82, 2.24) is 14.7 Å². The monoisotopic (exact) mass is 291 g/mol. The van der Waals surface area contributed by atoms with E-state index >= 15 is 0 Å². The quantitative estimate of drug-likeness (QED) is 0.853. The third-order valence-corrected chi connectivity index (χ3v) is 3.79. The molecule has 1 aromatic heterocycles. The molecule has 0 spiro atoms. The summed E-state index contributed by atoms with van der Waals surface area (Å²) in [5, 5.41) is 4.12. The van der Waals surface area contributed by atoms with Gasteiger partial charge in [0.1, 0.15) is 0 Å². The summed E-state index contributed by atoms with van der Waals surface area (Å²) in [7, 11) is 1.82. The normalized spacial score (nSPS) is 18.2. The van der Waals surface area contributed by atoms with Crippen molar-refractivity contribution in [3.05, 3.63) is 53.4 Å². The topological polar surface area (TPSA) is 38.1 Å². The highest BCUT2D eigenvalue weighted by Crippen LogP contribution is 2.32. The molecule has 6 heteroatoms. The summed E-state index contributed by atoms with van der Waals surface area (Å²) in [4.78, 5) is 14.2. The number of carbonyl (C=O) groups excluding carboxylic acids is 1. The van der Waals surface area contributed by atoms with Gasteiger partial charge in [0.15, 0.2) is 11.6 Å². The molecular formula is C15H15F2N3O. The van der Waals surface area contributed by atoms with Crippen molar-refractivity contribution >= 4 is 5.91 Å². The van der Waals surface area contributed by atoms with Gasteiger partial charge in [0.2, 0.25) is 0 Å². The molecule has 1 saturated heterocycles. The number of nitrogens with zero attached hydrogens (tertiary/aromatic N) is 3. The van der Waals surface area contributed by atoms with Crippen LogP contribution in [0, 0.1) is 11.6 Å². The van der Waals surface area contributed by atoms with Crippen LogP contribution in [0.2, 0.25) is 0 Å². The van der Waals surface area contributed by atoms with E-state index in [2.05, 4.69) is 5.10 Å². The lowest BCUT2D eigenvalue weighted by molar-refractivity contribution is 0.0735. The molecule has 0 saturated carbocycles. The second-order valence-corrected chi connectivity index (χ2v) is 5.23. The van der Waals surface area contributed by atoms with Gasteiger partial charge in [0.05, 0.1) is 12.2 Å². The molecule has 1 fully saturated rings. The lowest BCUT2D eigenvalue weighted by atomic mass is 10.1. The fraction of sp³-hybridized carbons (Fsp3) is 0.333. The van der Waals surface area contributed by atoms with Gasteiger partial charge < -0.3 is 4.90 Å². The van der Waals surface area contributed by atoms with Gasteiger partial charge in [0, 0.05) is 30.9 Å². The maximum absolute atomic E-state index is 13.3. The zero-order chi connectivity index (χ0) is 15.0. The maximum atomic E-state index is 13.3. The Morgan fingerprint density at radius 2 is 2.14 bits per heavy atom. The molecule has 0 radical (unpaired) electrons. The number of aryl methyl sites for hydroxylation is 1. The highest BCUT2D eigenvalue weighted by molar-refractivity contribution is 5.94. The lowest BCUT2D eigenvalue weighted by Crippen LogP contribution is -2.30. The Hall–Kier alpha value is -2.24. The first kappa shape index (κ1) is 13.7. The summed E-state index contributed by atoms with van der Waals surface area (Å²) in [5.74, 6) is -2.23. The molecule has 0 N–H and O–H groups in total. The average molecular weight is 291 g/mol. The maximum Gasteiger partial charge on any atom is 0.254 e. The van der Waals surface area contributed by atoms with Gasteiger partial charge in [-0.2, -0.15) is 5.10 Å². The van der Waals surface area contributed by atoms with Crippen molar-refractivity contribution in [2.75, 3.05) is 6.54 Å². The Morgan fingerprint density at radius 1 is 1.33 bits per heavy atom. The Kier molecular flexibility index (Phi) is 3.45. The summed E-state index contributed by atoms with van der Waals surface area (Å²) >= 11 is 0. The van der Waals surface area contributed by atoms with Crippen molar-refractivity contribution in [3.8, 4) is 0 Å². The predicted molar refractivity (Wildman–Crippen MR) is 72.6 cm³/mol. The minimum atomic E-state index is -1.00. The van der Waals surface area contributed by atoms with Crippen molar-refractivity contribution in [1.29, 1.82) is 0 Å². The van der Waals surface area contributed by atoms with Crippen molar-refractivity contribution < 1.29 is 13.6 Å². The molecule has 2 aromatic rings. The second kappa shape index (κ2) is 5.27. The number of halogens is 2. The van der Waals surface area contributed by atoms with Crippen LogP contribution < -0.4 is 0 Å². The van der Waals surface area contributed by atoms with Gasteiger partial charge in [-0.15, -0.1) is 0 Å². The number of hydrogen-bond donors (Lipinski definition) is 0. The van der Waals surface area contributed by atoms with Gasteiger partial charge in [0.25, 0.3) is 5.91 Å². The van der Waals surface area contributed by atoms with Gasteiger partial charge >= 0.3 is 0 Å². The Balaban J connectivity index is 1.87. The molecule has 4 nitrogen and oxygen atoms in total. The molecule has 3 rings (SSSR count). The molecular weight excluding hydrogens is 276 g/mol. The number of amides is 1. The first-order valence-electron chi connectivity index (χ1n) is 6.81. The second-order valence-electron chi connectivity index (χ2n) is 5.23. The summed E-state index contributed by atoms with van der Waals surface area (Å²) in [6.45, 7) is 0.609. The molecule has 1 aliphatic rings. The number of carbonyl (C=O) groups is 1. The fourth-order valence-corrected chi connectivity index (χ4v) is 2.76. The van der Waals surface area contributed by atoms with Crippen LogP contribution in [0.1, 0.15) is 34.8 Å². The zero-order valence-corrected chi connectivity index (χ0v) is 11.6. The van der Waals surface area contributed by atoms with Crippen LogP contribution >= 0.6 is 0 Å². The molecule has 21 heavy (non-hydrogen) atoms. The fourth-order valence-electron chi connectivity index (χ4n) is 2.76. The van der Waals surface area contributed by atoms with Crippen LogP contribution in [0.25, 0.3) is 0 Å². The SMILES string of the molecule is Cn1cc([C@H]2CCCN2C(=O)c2ccc(F)c(F)c2)cn1. The molecule has 0 unspecified atom stereocenters. The Labute approximate surface area is 121 Å². The average Bonchev–Trinajstić information content (AvgIpc) is 3.09. The third kappa shape index (κ3) is 2.53. The van der Waals surface area contributed by atoms with Gasteiger partial charge in [-0.05, 0) is 31.0 Å². The van der Waals surface area contributed by atoms with Gasteiger partial charge in [-0.1, -0.05) is 0 Å². The molecule has 1 atom stereocenters. The summed E-state index contributed by atoms with van der Waals surface area (Å²) in [5.41, 5.74) is 1.13. The third-order valence-electron chi connectivity index (χ3n) is 3.79. The molecule has 110 valence electrons. The van der Waals surface area contributed by atoms with E-state index in [0.29, 0.717) is 6.54 Å². The van der Waals surface area contributed by atoms with E-state index in [-0.39, 0.29) is 17.5 Å². The number of benzene rings is 1.